The van der Waals surface area contributed by atoms with E-state index in [-0.39, 0.29) is 25.0 Å². The van der Waals surface area contributed by atoms with E-state index in [2.05, 4.69) is 6.58 Å². The van der Waals surface area contributed by atoms with Crippen molar-refractivity contribution in [1.82, 2.24) is 0 Å². The molecule has 5 nitrogen and oxygen atoms in total. The summed E-state index contributed by atoms with van der Waals surface area (Å²) < 4.78 is 9.85. The standard InChI is InChI=1S/C12H22O5/c1-6-11(14,7-2)12(15,16-8-3)17-10(13)9(4)5/h14-15H,4,6-8H2,1-3,5H3. The molecule has 1 unspecified atom stereocenters. The van der Waals surface area contributed by atoms with Gasteiger partial charge in [-0.15, -0.1) is 0 Å². The minimum atomic E-state index is -2.35. The van der Waals surface area contributed by atoms with Crippen LogP contribution in [0.3, 0.4) is 0 Å². The van der Waals surface area contributed by atoms with Gasteiger partial charge in [0.05, 0.1) is 6.61 Å². The maximum Gasteiger partial charge on any atom is 0.357 e. The van der Waals surface area contributed by atoms with Crippen LogP contribution in [-0.4, -0.2) is 34.4 Å². The van der Waals surface area contributed by atoms with Crippen LogP contribution in [0.5, 0.6) is 0 Å². The van der Waals surface area contributed by atoms with Gasteiger partial charge in [0.1, 0.15) is 0 Å². The van der Waals surface area contributed by atoms with Gasteiger partial charge >= 0.3 is 11.9 Å². The molecule has 0 saturated carbocycles. The van der Waals surface area contributed by atoms with Gasteiger partial charge in [0.25, 0.3) is 0 Å². The third-order valence-corrected chi connectivity index (χ3v) is 2.68. The molecule has 0 heterocycles. The van der Waals surface area contributed by atoms with E-state index in [0.29, 0.717) is 0 Å². The van der Waals surface area contributed by atoms with Crippen molar-refractivity contribution in [3.8, 4) is 0 Å². The van der Waals surface area contributed by atoms with Crippen molar-refractivity contribution in [1.29, 1.82) is 0 Å². The molecule has 0 aliphatic rings. The van der Waals surface area contributed by atoms with Crippen LogP contribution >= 0.6 is 0 Å². The summed E-state index contributed by atoms with van der Waals surface area (Å²) in [5.74, 6) is -3.15. The smallest absolute Gasteiger partial charge is 0.357 e. The molecule has 100 valence electrons. The van der Waals surface area contributed by atoms with E-state index in [1.807, 2.05) is 0 Å². The van der Waals surface area contributed by atoms with Crippen LogP contribution in [0.2, 0.25) is 0 Å². The first kappa shape index (κ1) is 16.1. The van der Waals surface area contributed by atoms with Gasteiger partial charge in [0.2, 0.25) is 0 Å². The molecular weight excluding hydrogens is 224 g/mol. The zero-order chi connectivity index (χ0) is 13.7. The molecule has 0 rings (SSSR count). The molecule has 5 heteroatoms. The normalized spacial score (nSPS) is 15.2. The maximum atomic E-state index is 11.4. The van der Waals surface area contributed by atoms with E-state index in [0.717, 1.165) is 0 Å². The lowest BCUT2D eigenvalue weighted by Gasteiger charge is -2.40. The molecular formula is C12H22O5. The predicted octanol–water partition coefficient (Wildman–Crippen LogP) is 1.34. The van der Waals surface area contributed by atoms with E-state index in [4.69, 9.17) is 9.47 Å². The highest BCUT2D eigenvalue weighted by Gasteiger charge is 2.52. The van der Waals surface area contributed by atoms with E-state index in [1.165, 1.54) is 6.92 Å². The molecule has 0 aromatic heterocycles. The lowest BCUT2D eigenvalue weighted by molar-refractivity contribution is -0.408. The average Bonchev–Trinajstić information content (AvgIpc) is 2.27. The highest BCUT2D eigenvalue weighted by molar-refractivity contribution is 5.87. The number of carbonyl (C=O) groups is 1. The quantitative estimate of drug-likeness (QED) is 0.403. The second-order valence-electron chi connectivity index (χ2n) is 3.92. The average molecular weight is 246 g/mol. The van der Waals surface area contributed by atoms with Gasteiger partial charge in [-0.25, -0.2) is 4.79 Å². The van der Waals surface area contributed by atoms with E-state index < -0.39 is 17.5 Å². The van der Waals surface area contributed by atoms with Crippen molar-refractivity contribution in [2.24, 2.45) is 0 Å². The van der Waals surface area contributed by atoms with Crippen LogP contribution in [0.1, 0.15) is 40.5 Å². The Bertz CT molecular complexity index is 283. The fourth-order valence-corrected chi connectivity index (χ4v) is 1.36. The molecule has 0 amide bonds. The number of aliphatic hydroxyl groups is 2. The largest absolute Gasteiger partial charge is 0.402 e. The van der Waals surface area contributed by atoms with Crippen LogP contribution in [0.25, 0.3) is 0 Å². The Kier molecular flexibility index (Phi) is 5.81. The van der Waals surface area contributed by atoms with Crippen LogP contribution in [-0.2, 0) is 14.3 Å². The minimum Gasteiger partial charge on any atom is -0.402 e. The summed E-state index contributed by atoms with van der Waals surface area (Å²) in [4.78, 5) is 11.4. The van der Waals surface area contributed by atoms with Gasteiger partial charge in [-0.3, -0.25) is 0 Å². The Morgan fingerprint density at radius 2 is 1.71 bits per heavy atom. The predicted molar refractivity (Wildman–Crippen MR) is 63.0 cm³/mol. The second-order valence-corrected chi connectivity index (χ2v) is 3.92. The molecule has 2 N–H and O–H groups in total. The third kappa shape index (κ3) is 3.52. The van der Waals surface area contributed by atoms with Crippen molar-refractivity contribution in [2.75, 3.05) is 6.61 Å². The third-order valence-electron chi connectivity index (χ3n) is 2.68. The number of esters is 1. The molecule has 0 bridgehead atoms. The zero-order valence-electron chi connectivity index (χ0n) is 10.9. The Morgan fingerprint density at radius 1 is 1.24 bits per heavy atom. The Morgan fingerprint density at radius 3 is 2.00 bits per heavy atom. The summed E-state index contributed by atoms with van der Waals surface area (Å²) in [6.07, 6.45) is 0.368. The van der Waals surface area contributed by atoms with Gasteiger partial charge in [0.15, 0.2) is 5.60 Å². The summed E-state index contributed by atoms with van der Waals surface area (Å²) in [6.45, 7) is 9.93. The topological polar surface area (TPSA) is 76.0 Å². The van der Waals surface area contributed by atoms with Gasteiger partial charge < -0.3 is 19.7 Å². The lowest BCUT2D eigenvalue weighted by Crippen LogP contribution is -2.58. The molecule has 0 fully saturated rings. The first-order chi connectivity index (χ1) is 7.76. The van der Waals surface area contributed by atoms with Crippen molar-refractivity contribution < 1.29 is 24.5 Å². The summed E-state index contributed by atoms with van der Waals surface area (Å²) in [7, 11) is 0. The molecule has 0 spiro atoms. The fraction of sp³-hybridized carbons (Fsp3) is 0.750. The second kappa shape index (κ2) is 6.14. The maximum absolute atomic E-state index is 11.4. The number of ether oxygens (including phenoxy) is 2. The van der Waals surface area contributed by atoms with Gasteiger partial charge in [-0.2, -0.15) is 0 Å². The number of hydrogen-bond donors (Lipinski definition) is 2. The molecule has 17 heavy (non-hydrogen) atoms. The number of hydrogen-bond acceptors (Lipinski definition) is 5. The highest BCUT2D eigenvalue weighted by Crippen LogP contribution is 2.32. The summed E-state index contributed by atoms with van der Waals surface area (Å²) >= 11 is 0. The molecule has 0 saturated heterocycles. The van der Waals surface area contributed by atoms with Crippen LogP contribution < -0.4 is 0 Å². The van der Waals surface area contributed by atoms with Crippen LogP contribution in [0, 0.1) is 0 Å². The fourth-order valence-electron chi connectivity index (χ4n) is 1.36. The first-order valence-electron chi connectivity index (χ1n) is 5.73. The molecule has 0 radical (unpaired) electrons. The summed E-state index contributed by atoms with van der Waals surface area (Å²) in [5, 5.41) is 20.4. The van der Waals surface area contributed by atoms with Crippen LogP contribution in [0.15, 0.2) is 12.2 Å². The molecule has 0 aromatic rings. The lowest BCUT2D eigenvalue weighted by atomic mass is 9.94. The molecule has 1 atom stereocenters. The van der Waals surface area contributed by atoms with Crippen molar-refractivity contribution >= 4 is 5.97 Å². The monoisotopic (exact) mass is 246 g/mol. The number of rotatable bonds is 7. The number of carbonyl (C=O) groups excluding carboxylic acids is 1. The molecule has 0 aliphatic heterocycles. The zero-order valence-corrected chi connectivity index (χ0v) is 10.9. The summed E-state index contributed by atoms with van der Waals surface area (Å²) in [6, 6.07) is 0. The Hall–Kier alpha value is -0.910. The van der Waals surface area contributed by atoms with Gasteiger partial charge in [-0.1, -0.05) is 20.4 Å². The van der Waals surface area contributed by atoms with E-state index >= 15 is 0 Å². The Labute approximate surface area is 102 Å². The van der Waals surface area contributed by atoms with Crippen molar-refractivity contribution in [2.45, 2.75) is 52.1 Å². The molecule has 0 aromatic carbocycles. The van der Waals surface area contributed by atoms with Gasteiger partial charge in [0, 0.05) is 5.57 Å². The highest BCUT2D eigenvalue weighted by atomic mass is 16.8. The molecule has 0 aliphatic carbocycles. The van der Waals surface area contributed by atoms with Crippen molar-refractivity contribution in [3.63, 3.8) is 0 Å². The van der Waals surface area contributed by atoms with E-state index in [1.54, 1.807) is 20.8 Å². The Balaban J connectivity index is 5.14. The van der Waals surface area contributed by atoms with E-state index in [9.17, 15) is 15.0 Å². The SMILES string of the molecule is C=C(C)C(=O)OC(O)(OCC)C(O)(CC)CC. The summed E-state index contributed by atoms with van der Waals surface area (Å²) in [5.41, 5.74) is -1.52. The minimum absolute atomic E-state index is 0.0995. The first-order valence-corrected chi connectivity index (χ1v) is 5.73. The van der Waals surface area contributed by atoms with Crippen molar-refractivity contribution in [3.05, 3.63) is 12.2 Å². The van der Waals surface area contributed by atoms with Gasteiger partial charge in [-0.05, 0) is 26.7 Å². The van der Waals surface area contributed by atoms with Crippen LogP contribution in [0.4, 0.5) is 0 Å².